The van der Waals surface area contributed by atoms with Crippen LogP contribution < -0.4 is 11.1 Å². The standard InChI is InChI=1S/C13H24N2O2/c1-5-9-8-13(9,12(14)6-7-12)15-10(16)17-11(2,3)4/h9H,5-8,14H2,1-4H3,(H,15,16). The van der Waals surface area contributed by atoms with Crippen molar-refractivity contribution >= 4 is 6.09 Å². The number of amides is 1. The summed E-state index contributed by atoms with van der Waals surface area (Å²) >= 11 is 0. The van der Waals surface area contributed by atoms with Crippen LogP contribution in [0, 0.1) is 5.92 Å². The van der Waals surface area contributed by atoms with Crippen molar-refractivity contribution in [2.75, 3.05) is 0 Å². The van der Waals surface area contributed by atoms with Crippen molar-refractivity contribution in [3.8, 4) is 0 Å². The highest BCUT2D eigenvalue weighted by molar-refractivity contribution is 5.70. The highest BCUT2D eigenvalue weighted by atomic mass is 16.6. The summed E-state index contributed by atoms with van der Waals surface area (Å²) in [5, 5.41) is 3.04. The maximum atomic E-state index is 11.9. The van der Waals surface area contributed by atoms with Crippen molar-refractivity contribution in [2.45, 2.75) is 70.1 Å². The first-order valence-electron chi connectivity index (χ1n) is 6.52. The Labute approximate surface area is 103 Å². The molecule has 2 fully saturated rings. The van der Waals surface area contributed by atoms with Gasteiger partial charge in [-0.1, -0.05) is 13.3 Å². The summed E-state index contributed by atoms with van der Waals surface area (Å²) in [4.78, 5) is 11.9. The van der Waals surface area contributed by atoms with Crippen molar-refractivity contribution < 1.29 is 9.53 Å². The molecule has 2 unspecified atom stereocenters. The van der Waals surface area contributed by atoms with Crippen LogP contribution in [0.25, 0.3) is 0 Å². The Hall–Kier alpha value is -0.770. The van der Waals surface area contributed by atoms with Crippen LogP contribution in [0.1, 0.15) is 53.4 Å². The Morgan fingerprint density at radius 1 is 1.47 bits per heavy atom. The van der Waals surface area contributed by atoms with E-state index < -0.39 is 5.60 Å². The molecule has 2 rings (SSSR count). The van der Waals surface area contributed by atoms with Crippen LogP contribution in [0.3, 0.4) is 0 Å². The van der Waals surface area contributed by atoms with E-state index in [1.54, 1.807) is 0 Å². The van der Waals surface area contributed by atoms with Gasteiger partial charge in [-0.05, 0) is 46.0 Å². The topological polar surface area (TPSA) is 64.3 Å². The van der Waals surface area contributed by atoms with Crippen LogP contribution >= 0.6 is 0 Å². The summed E-state index contributed by atoms with van der Waals surface area (Å²) in [6.07, 6.45) is 3.76. The molecular weight excluding hydrogens is 216 g/mol. The van der Waals surface area contributed by atoms with E-state index in [0.29, 0.717) is 5.92 Å². The third-order valence-corrected chi connectivity index (χ3v) is 4.00. The summed E-state index contributed by atoms with van der Waals surface area (Å²) in [5.41, 5.74) is 5.48. The molecule has 0 heterocycles. The Balaban J connectivity index is 1.99. The molecule has 0 bridgehead atoms. The minimum absolute atomic E-state index is 0.176. The molecule has 2 aliphatic rings. The molecule has 2 saturated carbocycles. The van der Waals surface area contributed by atoms with Gasteiger partial charge in [-0.15, -0.1) is 0 Å². The van der Waals surface area contributed by atoms with Gasteiger partial charge >= 0.3 is 6.09 Å². The number of rotatable bonds is 3. The highest BCUT2D eigenvalue weighted by Crippen LogP contribution is 2.60. The van der Waals surface area contributed by atoms with Crippen LogP contribution in [0.4, 0.5) is 4.79 Å². The second kappa shape index (κ2) is 3.61. The minimum Gasteiger partial charge on any atom is -0.444 e. The van der Waals surface area contributed by atoms with E-state index in [2.05, 4.69) is 12.2 Å². The average Bonchev–Trinajstić information content (AvgIpc) is 3.01. The first kappa shape index (κ1) is 12.7. The van der Waals surface area contributed by atoms with Crippen LogP contribution in [0.2, 0.25) is 0 Å². The second-order valence-corrected chi connectivity index (χ2v) is 6.56. The predicted molar refractivity (Wildman–Crippen MR) is 66.7 cm³/mol. The van der Waals surface area contributed by atoms with Gasteiger partial charge in [0.05, 0.1) is 5.54 Å². The molecule has 0 aromatic rings. The zero-order valence-corrected chi connectivity index (χ0v) is 11.3. The van der Waals surface area contributed by atoms with Crippen molar-refractivity contribution in [2.24, 2.45) is 11.7 Å². The molecule has 1 amide bonds. The van der Waals surface area contributed by atoms with E-state index in [1.807, 2.05) is 20.8 Å². The Morgan fingerprint density at radius 3 is 2.41 bits per heavy atom. The molecule has 0 spiro atoms. The fraction of sp³-hybridized carbons (Fsp3) is 0.923. The van der Waals surface area contributed by atoms with E-state index >= 15 is 0 Å². The van der Waals surface area contributed by atoms with E-state index in [0.717, 1.165) is 25.7 Å². The Morgan fingerprint density at radius 2 is 2.06 bits per heavy atom. The molecule has 17 heavy (non-hydrogen) atoms. The lowest BCUT2D eigenvalue weighted by Gasteiger charge is -2.28. The number of carbonyl (C=O) groups excluding carboxylic acids is 1. The van der Waals surface area contributed by atoms with Crippen molar-refractivity contribution in [1.82, 2.24) is 5.32 Å². The molecule has 0 radical (unpaired) electrons. The van der Waals surface area contributed by atoms with Crippen LogP contribution in [-0.2, 0) is 4.74 Å². The minimum atomic E-state index is -0.451. The smallest absolute Gasteiger partial charge is 0.408 e. The molecule has 0 saturated heterocycles. The number of carbonyl (C=O) groups is 1. The Bertz CT molecular complexity index is 331. The van der Waals surface area contributed by atoms with Gasteiger partial charge in [-0.2, -0.15) is 0 Å². The van der Waals surface area contributed by atoms with Gasteiger partial charge in [0.1, 0.15) is 5.60 Å². The fourth-order valence-electron chi connectivity index (χ4n) is 2.78. The number of hydrogen-bond acceptors (Lipinski definition) is 3. The molecule has 4 nitrogen and oxygen atoms in total. The molecule has 0 aromatic carbocycles. The van der Waals surface area contributed by atoms with Gasteiger partial charge in [0.2, 0.25) is 0 Å². The van der Waals surface area contributed by atoms with Gasteiger partial charge in [0, 0.05) is 5.54 Å². The molecule has 0 aromatic heterocycles. The van der Waals surface area contributed by atoms with Crippen LogP contribution in [-0.4, -0.2) is 22.8 Å². The van der Waals surface area contributed by atoms with Crippen molar-refractivity contribution in [3.05, 3.63) is 0 Å². The average molecular weight is 240 g/mol. The zero-order chi connectivity index (χ0) is 12.9. The SMILES string of the molecule is CCC1CC1(NC(=O)OC(C)(C)C)C1(N)CC1. The van der Waals surface area contributed by atoms with E-state index in [-0.39, 0.29) is 17.2 Å². The molecular formula is C13H24N2O2. The lowest BCUT2D eigenvalue weighted by atomic mass is 10.0. The summed E-state index contributed by atoms with van der Waals surface area (Å²) < 4.78 is 5.32. The maximum absolute atomic E-state index is 11.9. The van der Waals surface area contributed by atoms with Crippen molar-refractivity contribution in [3.63, 3.8) is 0 Å². The quantitative estimate of drug-likeness (QED) is 0.794. The monoisotopic (exact) mass is 240 g/mol. The van der Waals surface area contributed by atoms with E-state index in [1.165, 1.54) is 0 Å². The van der Waals surface area contributed by atoms with Crippen LogP contribution in [0.5, 0.6) is 0 Å². The molecule has 0 aliphatic heterocycles. The first-order valence-corrected chi connectivity index (χ1v) is 6.52. The zero-order valence-electron chi connectivity index (χ0n) is 11.3. The van der Waals surface area contributed by atoms with Crippen LogP contribution in [0.15, 0.2) is 0 Å². The molecule has 3 N–H and O–H groups in total. The first-order chi connectivity index (χ1) is 7.72. The van der Waals surface area contributed by atoms with Crippen molar-refractivity contribution in [1.29, 1.82) is 0 Å². The lowest BCUT2D eigenvalue weighted by molar-refractivity contribution is 0.0476. The summed E-state index contributed by atoms with van der Waals surface area (Å²) in [7, 11) is 0. The maximum Gasteiger partial charge on any atom is 0.408 e. The summed E-state index contributed by atoms with van der Waals surface area (Å²) in [6, 6.07) is 0. The fourth-order valence-corrected chi connectivity index (χ4v) is 2.78. The molecule has 4 heteroatoms. The Kier molecular flexibility index (Phi) is 2.69. The summed E-state index contributed by atoms with van der Waals surface area (Å²) in [5.74, 6) is 0.516. The number of ether oxygens (including phenoxy) is 1. The van der Waals surface area contributed by atoms with E-state index in [9.17, 15) is 4.79 Å². The highest BCUT2D eigenvalue weighted by Gasteiger charge is 2.70. The largest absolute Gasteiger partial charge is 0.444 e. The van der Waals surface area contributed by atoms with Gasteiger partial charge < -0.3 is 15.8 Å². The number of alkyl carbamates (subject to hydrolysis) is 1. The van der Waals surface area contributed by atoms with Gasteiger partial charge in [-0.3, -0.25) is 0 Å². The normalized spacial score (nSPS) is 34.1. The third-order valence-electron chi connectivity index (χ3n) is 4.00. The summed E-state index contributed by atoms with van der Waals surface area (Å²) in [6.45, 7) is 7.77. The van der Waals surface area contributed by atoms with Gasteiger partial charge in [0.25, 0.3) is 0 Å². The third kappa shape index (κ3) is 2.28. The van der Waals surface area contributed by atoms with E-state index in [4.69, 9.17) is 10.5 Å². The molecule has 98 valence electrons. The number of nitrogens with two attached hydrogens (primary N) is 1. The predicted octanol–water partition coefficient (Wildman–Crippen LogP) is 2.17. The molecule has 2 atom stereocenters. The lowest BCUT2D eigenvalue weighted by Crippen LogP contribution is -2.54. The van der Waals surface area contributed by atoms with Gasteiger partial charge in [-0.25, -0.2) is 4.79 Å². The molecule has 2 aliphatic carbocycles. The second-order valence-electron chi connectivity index (χ2n) is 6.56. The van der Waals surface area contributed by atoms with Gasteiger partial charge in [0.15, 0.2) is 0 Å². The number of hydrogen-bond donors (Lipinski definition) is 2. The number of nitrogens with one attached hydrogen (secondary N) is 1.